The van der Waals surface area contributed by atoms with Crippen molar-refractivity contribution in [3.05, 3.63) is 16.1 Å². The monoisotopic (exact) mass is 502 g/mol. The molecule has 0 aliphatic rings. The van der Waals surface area contributed by atoms with Gasteiger partial charge < -0.3 is 10.6 Å². The highest BCUT2D eigenvalue weighted by molar-refractivity contribution is 14.0. The first-order valence-corrected chi connectivity index (χ1v) is 10.8. The highest BCUT2D eigenvalue weighted by Crippen LogP contribution is 2.15. The number of aryl methyl sites for hydroxylation is 1. The molecule has 0 spiro atoms. The number of nitrogens with one attached hydrogen (secondary N) is 2. The lowest BCUT2D eigenvalue weighted by Crippen LogP contribution is -2.39. The average Bonchev–Trinajstić information content (AvgIpc) is 2.94. The van der Waals surface area contributed by atoms with Crippen molar-refractivity contribution in [2.45, 2.75) is 52.2 Å². The third-order valence-corrected chi connectivity index (χ3v) is 7.28. The Morgan fingerprint density at radius 2 is 1.96 bits per heavy atom. The average molecular weight is 502 g/mol. The molecule has 9 heteroatoms. The Hall–Kier alpha value is -0.420. The minimum absolute atomic E-state index is 0. The zero-order valence-electron chi connectivity index (χ0n) is 15.8. The van der Waals surface area contributed by atoms with Crippen LogP contribution in [-0.2, 0) is 22.7 Å². The largest absolute Gasteiger partial charge is 0.357 e. The van der Waals surface area contributed by atoms with Crippen LogP contribution in [0.2, 0.25) is 0 Å². The van der Waals surface area contributed by atoms with Crippen LogP contribution in [0.5, 0.6) is 0 Å². The SMILES string of the molecule is CCNC(=NCCS(=O)(=O)C(C)(C)C)NCCc1ncc(CC)s1.I. The van der Waals surface area contributed by atoms with E-state index in [-0.39, 0.29) is 36.3 Å². The number of aliphatic imine (C=N–C) groups is 1. The molecular formula is C16H31IN4O2S2. The Morgan fingerprint density at radius 3 is 2.48 bits per heavy atom. The Labute approximate surface area is 173 Å². The molecule has 146 valence electrons. The second-order valence-electron chi connectivity index (χ2n) is 6.44. The Balaban J connectivity index is 0.00000576. The molecule has 0 bridgehead atoms. The van der Waals surface area contributed by atoms with Crippen molar-refractivity contribution < 1.29 is 8.42 Å². The molecule has 1 heterocycles. The maximum atomic E-state index is 12.1. The maximum absolute atomic E-state index is 12.1. The molecule has 25 heavy (non-hydrogen) atoms. The fraction of sp³-hybridized carbons (Fsp3) is 0.750. The molecule has 0 unspecified atom stereocenters. The highest BCUT2D eigenvalue weighted by atomic mass is 127. The molecule has 6 nitrogen and oxygen atoms in total. The predicted octanol–water partition coefficient (Wildman–Crippen LogP) is 2.63. The quantitative estimate of drug-likeness (QED) is 0.325. The fourth-order valence-corrected chi connectivity index (χ4v) is 3.65. The Kier molecular flexibility index (Phi) is 11.1. The van der Waals surface area contributed by atoms with Crippen LogP contribution in [0, 0.1) is 0 Å². The van der Waals surface area contributed by atoms with E-state index < -0.39 is 14.6 Å². The van der Waals surface area contributed by atoms with Crippen molar-refractivity contribution in [1.82, 2.24) is 15.6 Å². The van der Waals surface area contributed by atoms with Gasteiger partial charge in [0.2, 0.25) is 0 Å². The summed E-state index contributed by atoms with van der Waals surface area (Å²) in [5.74, 6) is 0.702. The lowest BCUT2D eigenvalue weighted by Gasteiger charge is -2.18. The van der Waals surface area contributed by atoms with Gasteiger partial charge >= 0.3 is 0 Å². The second kappa shape index (κ2) is 11.3. The van der Waals surface area contributed by atoms with Gasteiger partial charge in [0.1, 0.15) is 0 Å². The Morgan fingerprint density at radius 1 is 1.28 bits per heavy atom. The molecule has 0 atom stereocenters. The molecule has 0 radical (unpaired) electrons. The third-order valence-electron chi connectivity index (χ3n) is 3.49. The van der Waals surface area contributed by atoms with Crippen molar-refractivity contribution >= 4 is 51.1 Å². The van der Waals surface area contributed by atoms with Crippen LogP contribution in [0.15, 0.2) is 11.2 Å². The van der Waals surface area contributed by atoms with E-state index in [1.165, 1.54) is 4.88 Å². The van der Waals surface area contributed by atoms with E-state index in [0.717, 1.165) is 24.4 Å². The minimum atomic E-state index is -3.14. The van der Waals surface area contributed by atoms with E-state index in [0.29, 0.717) is 12.5 Å². The fourth-order valence-electron chi connectivity index (χ4n) is 1.84. The number of sulfone groups is 1. The van der Waals surface area contributed by atoms with Gasteiger partial charge in [0.15, 0.2) is 15.8 Å². The van der Waals surface area contributed by atoms with Crippen LogP contribution in [0.25, 0.3) is 0 Å². The van der Waals surface area contributed by atoms with Crippen LogP contribution in [0.3, 0.4) is 0 Å². The zero-order valence-corrected chi connectivity index (χ0v) is 19.7. The predicted molar refractivity (Wildman–Crippen MR) is 118 cm³/mol. The summed E-state index contributed by atoms with van der Waals surface area (Å²) < 4.78 is 23.5. The lowest BCUT2D eigenvalue weighted by molar-refractivity contribution is 0.560. The van der Waals surface area contributed by atoms with E-state index in [2.05, 4.69) is 27.5 Å². The summed E-state index contributed by atoms with van der Waals surface area (Å²) in [6.45, 7) is 11.0. The lowest BCUT2D eigenvalue weighted by atomic mass is 10.3. The first kappa shape index (κ1) is 24.6. The highest BCUT2D eigenvalue weighted by Gasteiger charge is 2.28. The van der Waals surface area contributed by atoms with Crippen molar-refractivity contribution in [2.75, 3.05) is 25.4 Å². The number of guanidine groups is 1. The summed E-state index contributed by atoms with van der Waals surface area (Å²) in [6, 6.07) is 0. The van der Waals surface area contributed by atoms with Gasteiger partial charge in [0, 0.05) is 30.6 Å². The number of nitrogens with zero attached hydrogens (tertiary/aromatic N) is 2. The van der Waals surface area contributed by atoms with Crippen molar-refractivity contribution in [1.29, 1.82) is 0 Å². The van der Waals surface area contributed by atoms with E-state index in [1.54, 1.807) is 32.1 Å². The van der Waals surface area contributed by atoms with Gasteiger partial charge in [-0.15, -0.1) is 35.3 Å². The first-order chi connectivity index (χ1) is 11.2. The topological polar surface area (TPSA) is 83.5 Å². The zero-order chi connectivity index (χ0) is 18.2. The van der Waals surface area contributed by atoms with E-state index >= 15 is 0 Å². The third kappa shape index (κ3) is 8.67. The number of thiazole rings is 1. The van der Waals surface area contributed by atoms with Crippen LogP contribution in [-0.4, -0.2) is 49.5 Å². The summed E-state index contributed by atoms with van der Waals surface area (Å²) >= 11 is 1.73. The molecule has 0 amide bonds. The molecule has 1 rings (SSSR count). The van der Waals surface area contributed by atoms with Gasteiger partial charge in [-0.05, 0) is 34.1 Å². The molecule has 2 N–H and O–H groups in total. The standard InChI is InChI=1S/C16H30N4O2S2.HI/c1-6-13-12-20-14(23-13)8-9-18-15(17-7-2)19-10-11-24(21,22)16(3,4)5;/h12H,6-11H2,1-5H3,(H2,17,18,19);1H. The van der Waals surface area contributed by atoms with Crippen molar-refractivity contribution in [2.24, 2.45) is 4.99 Å². The molecule has 0 saturated heterocycles. The summed E-state index contributed by atoms with van der Waals surface area (Å²) in [5, 5.41) is 7.47. The number of aromatic nitrogens is 1. The number of hydrogen-bond donors (Lipinski definition) is 2. The normalized spacial score (nSPS) is 12.6. The molecule has 0 fully saturated rings. The molecular weight excluding hydrogens is 471 g/mol. The summed E-state index contributed by atoms with van der Waals surface area (Å²) in [4.78, 5) is 10.0. The number of halogens is 1. The van der Waals surface area contributed by atoms with Crippen LogP contribution < -0.4 is 10.6 Å². The Bertz CT molecular complexity index is 637. The smallest absolute Gasteiger partial charge is 0.191 e. The van der Waals surface area contributed by atoms with Crippen LogP contribution >= 0.6 is 35.3 Å². The summed E-state index contributed by atoms with van der Waals surface area (Å²) in [7, 11) is -3.14. The molecule has 0 saturated carbocycles. The van der Waals surface area contributed by atoms with Gasteiger partial charge in [0.05, 0.1) is 22.1 Å². The first-order valence-electron chi connectivity index (χ1n) is 8.37. The van der Waals surface area contributed by atoms with E-state index in [1.807, 2.05) is 13.1 Å². The van der Waals surface area contributed by atoms with E-state index in [4.69, 9.17) is 0 Å². The van der Waals surface area contributed by atoms with Gasteiger partial charge in [-0.2, -0.15) is 0 Å². The van der Waals surface area contributed by atoms with Crippen LogP contribution in [0.4, 0.5) is 0 Å². The molecule has 1 aromatic rings. The van der Waals surface area contributed by atoms with E-state index in [9.17, 15) is 8.42 Å². The summed E-state index contributed by atoms with van der Waals surface area (Å²) in [5.41, 5.74) is 0. The van der Waals surface area contributed by atoms with Gasteiger partial charge in [0.25, 0.3) is 0 Å². The number of hydrogen-bond acceptors (Lipinski definition) is 5. The molecule has 0 aliphatic carbocycles. The van der Waals surface area contributed by atoms with Gasteiger partial charge in [-0.3, -0.25) is 4.99 Å². The molecule has 0 aliphatic heterocycles. The maximum Gasteiger partial charge on any atom is 0.191 e. The van der Waals surface area contributed by atoms with Gasteiger partial charge in [-0.1, -0.05) is 6.92 Å². The molecule has 1 aromatic heterocycles. The summed E-state index contributed by atoms with van der Waals surface area (Å²) in [6.07, 6.45) is 3.77. The molecule has 0 aromatic carbocycles. The van der Waals surface area contributed by atoms with Crippen molar-refractivity contribution in [3.8, 4) is 0 Å². The minimum Gasteiger partial charge on any atom is -0.357 e. The second-order valence-corrected chi connectivity index (χ2v) is 10.5. The van der Waals surface area contributed by atoms with Gasteiger partial charge in [-0.25, -0.2) is 13.4 Å². The number of rotatable bonds is 8. The van der Waals surface area contributed by atoms with Crippen molar-refractivity contribution in [3.63, 3.8) is 0 Å². The van der Waals surface area contributed by atoms with Crippen LogP contribution in [0.1, 0.15) is 44.5 Å².